The predicted molar refractivity (Wildman–Crippen MR) is 96.5 cm³/mol. The van der Waals surface area contributed by atoms with Crippen LogP contribution in [-0.2, 0) is 0 Å². The minimum atomic E-state index is -0.600. The molecule has 0 atom stereocenters. The molecule has 3 aromatic rings. The lowest BCUT2D eigenvalue weighted by Gasteiger charge is -2.23. The van der Waals surface area contributed by atoms with Gasteiger partial charge in [-0.3, -0.25) is 14.5 Å². The second kappa shape index (κ2) is 6.84. The summed E-state index contributed by atoms with van der Waals surface area (Å²) >= 11 is 0. The first kappa shape index (κ1) is 16.2. The molecule has 6 nitrogen and oxygen atoms in total. The molecular formula is C19H16N4O2. The average Bonchev–Trinajstić information content (AvgIpc) is 2.64. The molecule has 6 heteroatoms. The first-order chi connectivity index (χ1) is 12.1. The highest BCUT2D eigenvalue weighted by Crippen LogP contribution is 2.31. The van der Waals surface area contributed by atoms with Gasteiger partial charge in [-0.2, -0.15) is 0 Å². The van der Waals surface area contributed by atoms with Crippen LogP contribution in [0.15, 0.2) is 72.9 Å². The molecule has 1 aromatic heterocycles. The van der Waals surface area contributed by atoms with E-state index in [1.165, 1.54) is 23.2 Å². The molecule has 0 bridgehead atoms. The van der Waals surface area contributed by atoms with E-state index in [4.69, 9.17) is 11.5 Å². The first-order valence-corrected chi connectivity index (χ1v) is 7.58. The Labute approximate surface area is 144 Å². The molecule has 25 heavy (non-hydrogen) atoms. The highest BCUT2D eigenvalue weighted by atomic mass is 16.2. The van der Waals surface area contributed by atoms with E-state index in [1.807, 2.05) is 6.07 Å². The van der Waals surface area contributed by atoms with Crippen molar-refractivity contribution in [3.63, 3.8) is 0 Å². The molecule has 3 rings (SSSR count). The molecule has 124 valence electrons. The fourth-order valence-electron chi connectivity index (χ4n) is 2.43. The van der Waals surface area contributed by atoms with Crippen molar-refractivity contribution in [3.05, 3.63) is 84.1 Å². The molecule has 0 aliphatic rings. The standard InChI is InChI=1S/C19H16N4O2/c20-15-8-4-5-9-16(15)23(19(25)13-6-2-1-3-7-13)17-12-14(18(21)24)10-11-22-17/h1-12H,20H2,(H2,21,24). The van der Waals surface area contributed by atoms with Gasteiger partial charge < -0.3 is 11.5 Å². The molecule has 0 unspecified atom stereocenters. The lowest BCUT2D eigenvalue weighted by molar-refractivity contribution is 0.0988. The van der Waals surface area contributed by atoms with Crippen LogP contribution in [0, 0.1) is 0 Å². The minimum Gasteiger partial charge on any atom is -0.397 e. The van der Waals surface area contributed by atoms with Crippen LogP contribution in [0.4, 0.5) is 17.2 Å². The number of hydrogen-bond acceptors (Lipinski definition) is 4. The van der Waals surface area contributed by atoms with Crippen LogP contribution < -0.4 is 16.4 Å². The van der Waals surface area contributed by atoms with Crippen molar-refractivity contribution < 1.29 is 9.59 Å². The minimum absolute atomic E-state index is 0.255. The van der Waals surface area contributed by atoms with Crippen molar-refractivity contribution in [1.82, 2.24) is 4.98 Å². The smallest absolute Gasteiger partial charge is 0.264 e. The molecular weight excluding hydrogens is 316 g/mol. The van der Waals surface area contributed by atoms with E-state index in [2.05, 4.69) is 4.98 Å². The summed E-state index contributed by atoms with van der Waals surface area (Å²) in [4.78, 5) is 30.2. The second-order valence-corrected chi connectivity index (χ2v) is 5.33. The van der Waals surface area contributed by atoms with E-state index in [0.29, 0.717) is 16.9 Å². The summed E-state index contributed by atoms with van der Waals surface area (Å²) in [6.45, 7) is 0. The summed E-state index contributed by atoms with van der Waals surface area (Å²) in [7, 11) is 0. The zero-order chi connectivity index (χ0) is 17.8. The van der Waals surface area contributed by atoms with Gasteiger partial charge in [0, 0.05) is 17.3 Å². The Morgan fingerprint density at radius 2 is 1.56 bits per heavy atom. The summed E-state index contributed by atoms with van der Waals surface area (Å²) in [5.74, 6) is -0.646. The Balaban J connectivity index is 2.16. The Hall–Kier alpha value is -3.67. The van der Waals surface area contributed by atoms with Gasteiger partial charge in [0.2, 0.25) is 5.91 Å². The van der Waals surface area contributed by atoms with Gasteiger partial charge >= 0.3 is 0 Å². The van der Waals surface area contributed by atoms with E-state index in [0.717, 1.165) is 0 Å². The molecule has 0 radical (unpaired) electrons. The third kappa shape index (κ3) is 3.32. The van der Waals surface area contributed by atoms with E-state index in [-0.39, 0.29) is 17.3 Å². The van der Waals surface area contributed by atoms with Gasteiger partial charge in [0.1, 0.15) is 5.82 Å². The fraction of sp³-hybridized carbons (Fsp3) is 0. The summed E-state index contributed by atoms with van der Waals surface area (Å²) < 4.78 is 0. The number of hydrogen-bond donors (Lipinski definition) is 2. The third-order valence-electron chi connectivity index (χ3n) is 3.66. The molecule has 0 aliphatic carbocycles. The number of aromatic nitrogens is 1. The zero-order valence-corrected chi connectivity index (χ0v) is 13.3. The van der Waals surface area contributed by atoms with Crippen molar-refractivity contribution in [3.8, 4) is 0 Å². The van der Waals surface area contributed by atoms with E-state index < -0.39 is 5.91 Å². The third-order valence-corrected chi connectivity index (χ3v) is 3.66. The Bertz CT molecular complexity index is 925. The number of benzene rings is 2. The van der Waals surface area contributed by atoms with Crippen LogP contribution in [0.25, 0.3) is 0 Å². The van der Waals surface area contributed by atoms with Crippen LogP contribution in [0.2, 0.25) is 0 Å². The highest BCUT2D eigenvalue weighted by Gasteiger charge is 2.23. The van der Waals surface area contributed by atoms with Gasteiger partial charge in [-0.1, -0.05) is 30.3 Å². The number of para-hydroxylation sites is 2. The topological polar surface area (TPSA) is 102 Å². The van der Waals surface area contributed by atoms with Crippen LogP contribution in [0.5, 0.6) is 0 Å². The van der Waals surface area contributed by atoms with Gasteiger partial charge in [0.15, 0.2) is 0 Å². The summed E-state index contributed by atoms with van der Waals surface area (Å²) in [5, 5.41) is 0. The molecule has 0 saturated heterocycles. The number of nitrogen functional groups attached to an aromatic ring is 1. The molecule has 0 saturated carbocycles. The number of pyridine rings is 1. The molecule has 0 spiro atoms. The Morgan fingerprint density at radius 3 is 2.24 bits per heavy atom. The van der Waals surface area contributed by atoms with Gasteiger partial charge in [0.25, 0.3) is 5.91 Å². The second-order valence-electron chi connectivity index (χ2n) is 5.33. The van der Waals surface area contributed by atoms with Crippen molar-refractivity contribution in [2.24, 2.45) is 5.73 Å². The summed E-state index contributed by atoms with van der Waals surface area (Å²) in [6, 6.07) is 18.7. The Kier molecular flexibility index (Phi) is 4.43. The highest BCUT2D eigenvalue weighted by molar-refractivity contribution is 6.12. The Morgan fingerprint density at radius 1 is 0.880 bits per heavy atom. The van der Waals surface area contributed by atoms with Gasteiger partial charge in [0.05, 0.1) is 11.4 Å². The lowest BCUT2D eigenvalue weighted by Crippen LogP contribution is -2.28. The zero-order valence-electron chi connectivity index (χ0n) is 13.3. The molecule has 2 aromatic carbocycles. The molecule has 2 amide bonds. The molecule has 0 aliphatic heterocycles. The van der Waals surface area contributed by atoms with Gasteiger partial charge in [-0.25, -0.2) is 4.98 Å². The monoisotopic (exact) mass is 332 g/mol. The number of nitrogens with zero attached hydrogens (tertiary/aromatic N) is 2. The maximum Gasteiger partial charge on any atom is 0.264 e. The average molecular weight is 332 g/mol. The summed E-state index contributed by atoms with van der Waals surface area (Å²) in [5.41, 5.74) is 13.0. The van der Waals surface area contributed by atoms with E-state index >= 15 is 0 Å². The number of carbonyl (C=O) groups excluding carboxylic acids is 2. The van der Waals surface area contributed by atoms with Crippen LogP contribution >= 0.6 is 0 Å². The fourth-order valence-corrected chi connectivity index (χ4v) is 2.43. The van der Waals surface area contributed by atoms with Gasteiger partial charge in [-0.15, -0.1) is 0 Å². The van der Waals surface area contributed by atoms with Crippen molar-refractivity contribution >= 4 is 29.0 Å². The maximum absolute atomic E-state index is 13.1. The van der Waals surface area contributed by atoms with Crippen LogP contribution in [0.1, 0.15) is 20.7 Å². The van der Waals surface area contributed by atoms with Crippen molar-refractivity contribution in [2.45, 2.75) is 0 Å². The predicted octanol–water partition coefficient (Wildman–Crippen LogP) is 2.74. The van der Waals surface area contributed by atoms with Crippen molar-refractivity contribution in [1.29, 1.82) is 0 Å². The number of rotatable bonds is 4. The van der Waals surface area contributed by atoms with E-state index in [1.54, 1.807) is 48.5 Å². The molecule has 0 fully saturated rings. The first-order valence-electron chi connectivity index (χ1n) is 7.58. The number of amides is 2. The van der Waals surface area contributed by atoms with Gasteiger partial charge in [-0.05, 0) is 36.4 Å². The SMILES string of the molecule is NC(=O)c1ccnc(N(C(=O)c2ccccc2)c2ccccc2N)c1. The maximum atomic E-state index is 13.1. The van der Waals surface area contributed by atoms with E-state index in [9.17, 15) is 9.59 Å². The molecule has 1 heterocycles. The lowest BCUT2D eigenvalue weighted by atomic mass is 10.1. The normalized spacial score (nSPS) is 10.2. The van der Waals surface area contributed by atoms with Crippen molar-refractivity contribution in [2.75, 3.05) is 10.6 Å². The van der Waals surface area contributed by atoms with Crippen LogP contribution in [-0.4, -0.2) is 16.8 Å². The number of anilines is 3. The number of primary amides is 1. The quantitative estimate of drug-likeness (QED) is 0.717. The van der Waals surface area contributed by atoms with Crippen LogP contribution in [0.3, 0.4) is 0 Å². The molecule has 4 N–H and O–H groups in total. The number of nitrogens with two attached hydrogens (primary N) is 2. The summed E-state index contributed by atoms with van der Waals surface area (Å²) in [6.07, 6.45) is 1.43. The number of carbonyl (C=O) groups is 2. The largest absolute Gasteiger partial charge is 0.397 e.